The Morgan fingerprint density at radius 2 is 1.71 bits per heavy atom. The number of nitrogens with zero attached hydrogens (tertiary/aromatic N) is 1. The fourth-order valence-electron chi connectivity index (χ4n) is 1.73. The molecular weight excluding hydrogens is 277 g/mol. The van der Waals surface area contributed by atoms with E-state index in [1.54, 1.807) is 0 Å². The molecule has 0 aliphatic heterocycles. The van der Waals surface area contributed by atoms with E-state index in [2.05, 4.69) is 18.8 Å². The molecule has 0 radical (unpaired) electrons. The van der Waals surface area contributed by atoms with Crippen LogP contribution in [0.25, 0.3) is 10.9 Å². The number of rotatable bonds is 1. The Bertz CT molecular complexity index is 591. The van der Waals surface area contributed by atoms with Crippen LogP contribution in [0.4, 0.5) is 0 Å². The Morgan fingerprint density at radius 1 is 1.06 bits per heavy atom. The minimum absolute atomic E-state index is 0.299. The number of fused-ring (bicyclic) bond motifs is 1. The maximum absolute atomic E-state index is 6.27. The molecule has 0 bridgehead atoms. The Morgan fingerprint density at radius 3 is 2.29 bits per heavy atom. The third kappa shape index (κ3) is 2.24. The van der Waals surface area contributed by atoms with Gasteiger partial charge in [-0.3, -0.25) is 4.98 Å². The fraction of sp³-hybridized carbons (Fsp3) is 0.308. The highest BCUT2D eigenvalue weighted by Gasteiger charge is 2.14. The lowest BCUT2D eigenvalue weighted by Crippen LogP contribution is -1.95. The van der Waals surface area contributed by atoms with Gasteiger partial charge < -0.3 is 0 Å². The zero-order valence-corrected chi connectivity index (χ0v) is 12.1. The summed E-state index contributed by atoms with van der Waals surface area (Å²) in [6.07, 6.45) is 0. The molecule has 2 aromatic rings. The first-order chi connectivity index (χ1) is 7.91. The van der Waals surface area contributed by atoms with Crippen molar-refractivity contribution >= 4 is 45.7 Å². The second-order valence-electron chi connectivity index (χ2n) is 4.40. The lowest BCUT2D eigenvalue weighted by molar-refractivity contribution is 0.830. The lowest BCUT2D eigenvalue weighted by Gasteiger charge is -2.11. The minimum Gasteiger partial charge on any atom is -0.251 e. The van der Waals surface area contributed by atoms with Gasteiger partial charge in [-0.1, -0.05) is 48.7 Å². The van der Waals surface area contributed by atoms with E-state index in [-0.39, 0.29) is 0 Å². The van der Waals surface area contributed by atoms with E-state index in [4.69, 9.17) is 34.8 Å². The maximum atomic E-state index is 6.27. The Kier molecular flexibility index (Phi) is 3.53. The summed E-state index contributed by atoms with van der Waals surface area (Å²) in [6, 6.07) is 3.68. The summed E-state index contributed by atoms with van der Waals surface area (Å²) in [5, 5.41) is 2.56. The molecule has 0 unspecified atom stereocenters. The molecule has 0 fully saturated rings. The van der Waals surface area contributed by atoms with Crippen molar-refractivity contribution in [3.8, 4) is 0 Å². The van der Waals surface area contributed by atoms with Crippen LogP contribution in [0.2, 0.25) is 15.1 Å². The maximum Gasteiger partial charge on any atom is 0.0921 e. The van der Waals surface area contributed by atoms with Crippen LogP contribution in [0, 0.1) is 6.92 Å². The van der Waals surface area contributed by atoms with Crippen LogP contribution in [0.5, 0.6) is 0 Å². The second-order valence-corrected chi connectivity index (χ2v) is 5.59. The summed E-state index contributed by atoms with van der Waals surface area (Å²) in [5.41, 5.74) is 2.51. The molecule has 1 aromatic carbocycles. The monoisotopic (exact) mass is 287 g/mol. The molecule has 1 nitrogen and oxygen atoms in total. The Balaban J connectivity index is 2.90. The molecular formula is C13H12Cl3N. The molecule has 0 aliphatic rings. The van der Waals surface area contributed by atoms with Crippen molar-refractivity contribution < 1.29 is 0 Å². The summed E-state index contributed by atoms with van der Waals surface area (Å²) in [5.74, 6) is 0.299. The van der Waals surface area contributed by atoms with E-state index in [9.17, 15) is 0 Å². The molecule has 0 aliphatic carbocycles. The zero-order chi connectivity index (χ0) is 12.7. The zero-order valence-electron chi connectivity index (χ0n) is 9.81. The standard InChI is InChI=1S/C13H12Cl3N/c1-6(2)10-5-8(14)11-12(16)7(3)4-9(15)13(11)17-10/h4-6H,1-3H3. The predicted octanol–water partition coefficient (Wildman–Crippen LogP) is 5.63. The van der Waals surface area contributed by atoms with E-state index >= 15 is 0 Å². The summed E-state index contributed by atoms with van der Waals surface area (Å²) < 4.78 is 0. The third-order valence-corrected chi connectivity index (χ3v) is 3.79. The molecule has 0 spiro atoms. The lowest BCUT2D eigenvalue weighted by atomic mass is 10.1. The molecule has 90 valence electrons. The topological polar surface area (TPSA) is 12.9 Å². The van der Waals surface area contributed by atoms with Gasteiger partial charge in [0.2, 0.25) is 0 Å². The molecule has 0 saturated carbocycles. The van der Waals surface area contributed by atoms with E-state index in [1.807, 2.05) is 19.1 Å². The quantitative estimate of drug-likeness (QED) is 0.663. The van der Waals surface area contributed by atoms with Gasteiger partial charge in [0.15, 0.2) is 0 Å². The number of pyridine rings is 1. The molecule has 0 atom stereocenters. The van der Waals surface area contributed by atoms with Gasteiger partial charge in [0, 0.05) is 11.1 Å². The predicted molar refractivity (Wildman–Crippen MR) is 75.6 cm³/mol. The van der Waals surface area contributed by atoms with E-state index < -0.39 is 0 Å². The van der Waals surface area contributed by atoms with Crippen molar-refractivity contribution in [1.29, 1.82) is 0 Å². The largest absolute Gasteiger partial charge is 0.251 e. The van der Waals surface area contributed by atoms with E-state index in [1.165, 1.54) is 0 Å². The number of hydrogen-bond acceptors (Lipinski definition) is 1. The van der Waals surface area contributed by atoms with Crippen molar-refractivity contribution in [2.24, 2.45) is 0 Å². The minimum atomic E-state index is 0.299. The van der Waals surface area contributed by atoms with Crippen molar-refractivity contribution in [2.45, 2.75) is 26.7 Å². The average Bonchev–Trinajstić information content (AvgIpc) is 2.25. The van der Waals surface area contributed by atoms with Crippen molar-refractivity contribution in [3.63, 3.8) is 0 Å². The number of aromatic nitrogens is 1. The summed E-state index contributed by atoms with van der Waals surface area (Å²) in [6.45, 7) is 6.03. The van der Waals surface area contributed by atoms with Crippen LogP contribution in [0.3, 0.4) is 0 Å². The van der Waals surface area contributed by atoms with Gasteiger partial charge in [0.1, 0.15) is 0 Å². The van der Waals surface area contributed by atoms with E-state index in [0.717, 1.165) is 16.6 Å². The fourth-order valence-corrected chi connectivity index (χ4v) is 2.62. The van der Waals surface area contributed by atoms with Gasteiger partial charge in [-0.25, -0.2) is 0 Å². The van der Waals surface area contributed by atoms with Gasteiger partial charge in [0.25, 0.3) is 0 Å². The van der Waals surface area contributed by atoms with E-state index in [0.29, 0.717) is 26.5 Å². The smallest absolute Gasteiger partial charge is 0.0921 e. The SMILES string of the molecule is Cc1cc(Cl)c2nc(C(C)C)cc(Cl)c2c1Cl. The third-order valence-electron chi connectivity index (χ3n) is 2.72. The molecule has 1 aromatic heterocycles. The van der Waals surface area contributed by atoms with Gasteiger partial charge in [0.05, 0.1) is 20.6 Å². The van der Waals surface area contributed by atoms with Gasteiger partial charge in [-0.15, -0.1) is 0 Å². The highest BCUT2D eigenvalue weighted by molar-refractivity contribution is 6.45. The van der Waals surface area contributed by atoms with Crippen LogP contribution in [0.1, 0.15) is 31.0 Å². The van der Waals surface area contributed by atoms with Crippen molar-refractivity contribution in [2.75, 3.05) is 0 Å². The molecule has 17 heavy (non-hydrogen) atoms. The Hall–Kier alpha value is -0.500. The van der Waals surface area contributed by atoms with Gasteiger partial charge in [-0.2, -0.15) is 0 Å². The first kappa shape index (κ1) is 12.9. The van der Waals surface area contributed by atoms with Crippen LogP contribution in [-0.4, -0.2) is 4.98 Å². The van der Waals surface area contributed by atoms with Crippen LogP contribution in [-0.2, 0) is 0 Å². The molecule has 4 heteroatoms. The number of aryl methyl sites for hydroxylation is 1. The number of benzene rings is 1. The van der Waals surface area contributed by atoms with Gasteiger partial charge >= 0.3 is 0 Å². The first-order valence-electron chi connectivity index (χ1n) is 5.36. The summed E-state index contributed by atoms with van der Waals surface area (Å²) in [7, 11) is 0. The number of hydrogen-bond donors (Lipinski definition) is 0. The summed E-state index contributed by atoms with van der Waals surface area (Å²) in [4.78, 5) is 4.54. The second kappa shape index (κ2) is 4.64. The van der Waals surface area contributed by atoms with Gasteiger partial charge in [-0.05, 0) is 30.5 Å². The Labute approximate surface area is 116 Å². The highest BCUT2D eigenvalue weighted by Crippen LogP contribution is 2.37. The van der Waals surface area contributed by atoms with Crippen LogP contribution in [0.15, 0.2) is 12.1 Å². The summed E-state index contributed by atoms with van der Waals surface area (Å²) >= 11 is 18.7. The highest BCUT2D eigenvalue weighted by atomic mass is 35.5. The molecule has 0 saturated heterocycles. The van der Waals surface area contributed by atoms with Crippen molar-refractivity contribution in [1.82, 2.24) is 4.98 Å². The molecule has 1 heterocycles. The molecule has 0 N–H and O–H groups in total. The normalized spacial score (nSPS) is 11.5. The first-order valence-corrected chi connectivity index (χ1v) is 6.50. The molecule has 2 rings (SSSR count). The van der Waals surface area contributed by atoms with Crippen molar-refractivity contribution in [3.05, 3.63) is 38.5 Å². The van der Waals surface area contributed by atoms with Crippen LogP contribution >= 0.6 is 34.8 Å². The number of halogens is 3. The average molecular weight is 289 g/mol. The molecule has 0 amide bonds. The van der Waals surface area contributed by atoms with Crippen LogP contribution < -0.4 is 0 Å².